The van der Waals surface area contributed by atoms with Crippen molar-refractivity contribution in [2.24, 2.45) is 39.7 Å². The highest BCUT2D eigenvalue weighted by molar-refractivity contribution is 7.99. The highest BCUT2D eigenvalue weighted by Crippen LogP contribution is 2.42. The van der Waals surface area contributed by atoms with Gasteiger partial charge >= 0.3 is 0 Å². The molecule has 0 amide bonds. The lowest BCUT2D eigenvalue weighted by Crippen LogP contribution is -2.28. The lowest BCUT2D eigenvalue weighted by atomic mass is 9.71. The number of allylic oxidation sites excluding steroid dienone is 1. The number of nitriles is 5. The van der Waals surface area contributed by atoms with Crippen LogP contribution in [0.2, 0.25) is 0 Å². The number of hydrogen-bond donors (Lipinski definition) is 1. The minimum atomic E-state index is -3.84. The third-order valence-electron chi connectivity index (χ3n) is 13.0. The summed E-state index contributed by atoms with van der Waals surface area (Å²) < 4.78 is 48.8. The van der Waals surface area contributed by atoms with Crippen LogP contribution in [0.25, 0.3) is 5.70 Å². The molecule has 4 heterocycles. The molecule has 13 nitrogen and oxygen atoms in total. The summed E-state index contributed by atoms with van der Waals surface area (Å²) in [5.41, 5.74) is 13.5. The number of nitrogens with two attached hydrogens (primary N) is 1. The molecule has 16 heteroatoms. The smallest absolute Gasteiger partial charge is 0.236 e. The van der Waals surface area contributed by atoms with Crippen LogP contribution < -0.4 is 5.73 Å². The van der Waals surface area contributed by atoms with Crippen molar-refractivity contribution >= 4 is 37.1 Å². The van der Waals surface area contributed by atoms with E-state index in [0.717, 1.165) is 79.6 Å². The normalized spacial score (nSPS) is 19.7. The first-order valence-electron chi connectivity index (χ1n) is 21.4. The average Bonchev–Trinajstić information content (AvgIpc) is 3.41. The molecule has 0 saturated heterocycles. The second-order valence-electron chi connectivity index (χ2n) is 20.2. The number of sulfone groups is 2. The summed E-state index contributed by atoms with van der Waals surface area (Å²) in [4.78, 5) is 12.8. The third-order valence-corrected chi connectivity index (χ3v) is 16.9. The van der Waals surface area contributed by atoms with Gasteiger partial charge in [-0.2, -0.15) is 26.3 Å². The highest BCUT2D eigenvalue weighted by atomic mass is 32.2. The molecule has 3 aliphatic carbocycles. The van der Waals surface area contributed by atoms with Crippen molar-refractivity contribution < 1.29 is 16.8 Å². The lowest BCUT2D eigenvalue weighted by molar-refractivity contribution is 0.214. The van der Waals surface area contributed by atoms with E-state index in [-0.39, 0.29) is 37.0 Å². The summed E-state index contributed by atoms with van der Waals surface area (Å²) >= 11 is 1.36. The number of hydrogen-bond acceptors (Lipinski definition) is 14. The standard InChI is InChI=1S/2C16H19N3O2S.C16H19N3S/c1-16(2,3)10-4-5-12-9(6-10)7-11-14(18)13(8-17)22(20,21)15(11)19-12;1-16(2,3)13-4-5-14-11(9-13)8-12(10-18)15(19-14)22(20,21)7-6-17;1-16(2,3)13-4-5-14-11(9-13)8-12(10-18)15(19-14)20-7-6-17/h7,10H,4-6,18H2,1-3H3;8,13H,4-5,7,9H2,1-3H3;8,13H,4-5,7,9H2,1-3H3. The van der Waals surface area contributed by atoms with Crippen molar-refractivity contribution in [2.75, 3.05) is 11.5 Å². The highest BCUT2D eigenvalue weighted by Gasteiger charge is 2.39. The molecule has 336 valence electrons. The Morgan fingerprint density at radius 2 is 1.12 bits per heavy atom. The van der Waals surface area contributed by atoms with Crippen LogP contribution in [-0.4, -0.2) is 43.3 Å². The molecule has 3 atom stereocenters. The maximum atomic E-state index is 12.3. The van der Waals surface area contributed by atoms with Crippen molar-refractivity contribution in [3.05, 3.63) is 73.6 Å². The van der Waals surface area contributed by atoms with Crippen LogP contribution in [0, 0.1) is 90.7 Å². The second kappa shape index (κ2) is 19.0. The summed E-state index contributed by atoms with van der Waals surface area (Å²) in [5, 5.41) is 45.3. The van der Waals surface area contributed by atoms with Crippen LogP contribution in [0.15, 0.2) is 38.2 Å². The van der Waals surface area contributed by atoms with E-state index in [2.05, 4.69) is 89.4 Å². The topological polar surface area (TPSA) is 252 Å². The first-order valence-corrected chi connectivity index (χ1v) is 25.6. The van der Waals surface area contributed by atoms with Gasteiger partial charge in [0.15, 0.2) is 15.0 Å². The largest absolute Gasteiger partial charge is 0.396 e. The van der Waals surface area contributed by atoms with Crippen LogP contribution in [0.3, 0.4) is 0 Å². The van der Waals surface area contributed by atoms with Crippen LogP contribution in [0.1, 0.15) is 132 Å². The van der Waals surface area contributed by atoms with Crippen LogP contribution in [0.4, 0.5) is 0 Å². The van der Waals surface area contributed by atoms with E-state index in [1.807, 2.05) is 18.2 Å². The molecular formula is C48H57N9O4S3. The first-order chi connectivity index (χ1) is 29.8. The zero-order valence-corrected chi connectivity index (χ0v) is 40.7. The van der Waals surface area contributed by atoms with E-state index < -0.39 is 25.4 Å². The Labute approximate surface area is 383 Å². The van der Waals surface area contributed by atoms with Crippen molar-refractivity contribution in [3.8, 4) is 30.3 Å². The summed E-state index contributed by atoms with van der Waals surface area (Å²) in [7, 11) is -7.66. The predicted octanol–water partition coefficient (Wildman–Crippen LogP) is 8.29. The Balaban J connectivity index is 0.000000181. The molecule has 3 aromatic heterocycles. The molecule has 0 saturated carbocycles. The van der Waals surface area contributed by atoms with Crippen molar-refractivity contribution in [2.45, 2.75) is 135 Å². The molecule has 64 heavy (non-hydrogen) atoms. The summed E-state index contributed by atoms with van der Waals surface area (Å²) in [5.74, 6) is 1.33. The number of thioether (sulfide) groups is 1. The molecule has 0 aromatic carbocycles. The molecule has 7 rings (SSSR count). The van der Waals surface area contributed by atoms with Gasteiger partial charge in [-0.05, 0) is 127 Å². The second-order valence-corrected chi connectivity index (χ2v) is 24.9. The molecule has 0 bridgehead atoms. The Morgan fingerprint density at radius 1 is 0.672 bits per heavy atom. The summed E-state index contributed by atoms with van der Waals surface area (Å²) in [6.45, 7) is 20.0. The van der Waals surface area contributed by atoms with E-state index in [1.165, 1.54) is 17.3 Å². The van der Waals surface area contributed by atoms with Gasteiger partial charge in [-0.25, -0.2) is 31.8 Å². The monoisotopic (exact) mass is 919 g/mol. The number of pyridine rings is 3. The third kappa shape index (κ3) is 10.8. The predicted molar refractivity (Wildman–Crippen MR) is 245 cm³/mol. The molecule has 3 aromatic rings. The van der Waals surface area contributed by atoms with Gasteiger partial charge in [-0.1, -0.05) is 74.1 Å². The van der Waals surface area contributed by atoms with Crippen molar-refractivity contribution in [3.63, 3.8) is 0 Å². The van der Waals surface area contributed by atoms with E-state index in [4.69, 9.17) is 21.5 Å². The maximum absolute atomic E-state index is 12.3. The minimum absolute atomic E-state index is 0.0330. The molecule has 4 aliphatic rings. The quantitative estimate of drug-likeness (QED) is 0.242. The SMILES string of the molecule is CC(C)(C)C1CCc2nc(S(=O)(=O)CC#N)c(C#N)cc2C1.CC(C)(C)C1CCc2nc(SCC#N)c(C#N)cc2C1.CC(C)(C)C1CCc2nc3c(cc2C1)C(N)=C(C#N)S3(=O)=O. The summed E-state index contributed by atoms with van der Waals surface area (Å²) in [6, 6.07) is 15.0. The van der Waals surface area contributed by atoms with E-state index in [0.29, 0.717) is 51.5 Å². The van der Waals surface area contributed by atoms with E-state index in [1.54, 1.807) is 18.2 Å². The lowest BCUT2D eigenvalue weighted by Gasteiger charge is -2.34. The zero-order chi connectivity index (χ0) is 47.6. The van der Waals surface area contributed by atoms with Gasteiger partial charge < -0.3 is 5.73 Å². The van der Waals surface area contributed by atoms with Crippen LogP contribution >= 0.6 is 11.8 Å². The van der Waals surface area contributed by atoms with Crippen LogP contribution in [0.5, 0.6) is 0 Å². The van der Waals surface area contributed by atoms with Gasteiger partial charge in [0, 0.05) is 22.6 Å². The summed E-state index contributed by atoms with van der Waals surface area (Å²) in [6.07, 6.45) is 8.22. The number of aryl methyl sites for hydroxylation is 3. The van der Waals surface area contributed by atoms with Gasteiger partial charge in [0.2, 0.25) is 19.7 Å². The molecule has 2 N–H and O–H groups in total. The van der Waals surface area contributed by atoms with Crippen LogP contribution in [-0.2, 0) is 58.2 Å². The molecule has 3 unspecified atom stereocenters. The Kier molecular flexibility index (Phi) is 14.8. The maximum Gasteiger partial charge on any atom is 0.236 e. The Morgan fingerprint density at radius 3 is 1.56 bits per heavy atom. The molecule has 1 aliphatic heterocycles. The fourth-order valence-corrected chi connectivity index (χ4v) is 11.8. The van der Waals surface area contributed by atoms with Gasteiger partial charge in [-0.3, -0.25) is 0 Å². The molecule has 0 radical (unpaired) electrons. The zero-order valence-electron chi connectivity index (χ0n) is 38.3. The van der Waals surface area contributed by atoms with Gasteiger partial charge in [0.25, 0.3) is 0 Å². The van der Waals surface area contributed by atoms with Gasteiger partial charge in [0.1, 0.15) is 29.0 Å². The number of rotatable bonds is 4. The van der Waals surface area contributed by atoms with E-state index in [9.17, 15) is 27.4 Å². The molecule has 0 spiro atoms. The fraction of sp³-hybridized carbons (Fsp3) is 0.542. The Bertz CT molecular complexity index is 2810. The Hall–Kier alpha value is -5.31. The first kappa shape index (κ1) is 49.7. The van der Waals surface area contributed by atoms with Crippen molar-refractivity contribution in [1.29, 1.82) is 26.3 Å². The minimum Gasteiger partial charge on any atom is -0.396 e. The fourth-order valence-electron chi connectivity index (χ4n) is 8.80. The molecular weight excluding hydrogens is 863 g/mol. The number of aromatic nitrogens is 3. The average molecular weight is 920 g/mol. The molecule has 0 fully saturated rings. The van der Waals surface area contributed by atoms with Gasteiger partial charge in [-0.15, -0.1) is 0 Å². The number of fused-ring (bicyclic) bond motifs is 4. The van der Waals surface area contributed by atoms with E-state index >= 15 is 0 Å². The number of nitrogens with zero attached hydrogens (tertiary/aromatic N) is 8. The van der Waals surface area contributed by atoms with Crippen molar-refractivity contribution in [1.82, 2.24) is 15.0 Å². The van der Waals surface area contributed by atoms with Gasteiger partial charge in [0.05, 0.1) is 34.7 Å².